The molecule has 0 bridgehead atoms. The summed E-state index contributed by atoms with van der Waals surface area (Å²) in [5, 5.41) is 14.5. The summed E-state index contributed by atoms with van der Waals surface area (Å²) in [6.45, 7) is 4.51. The molecule has 172 valence electrons. The Kier molecular flexibility index (Phi) is 8.00. The number of carbonyl (C=O) groups is 3. The van der Waals surface area contributed by atoms with Crippen LogP contribution in [0.3, 0.4) is 0 Å². The van der Waals surface area contributed by atoms with Crippen molar-refractivity contribution in [1.82, 2.24) is 20.1 Å². The normalized spacial score (nSPS) is 25.9. The molecule has 1 aromatic rings. The maximum atomic E-state index is 12.9. The van der Waals surface area contributed by atoms with Gasteiger partial charge in [-0.05, 0) is 50.9 Å². The first-order valence-electron chi connectivity index (χ1n) is 10.9. The van der Waals surface area contributed by atoms with Crippen molar-refractivity contribution in [3.05, 3.63) is 11.4 Å². The predicted octanol–water partition coefficient (Wildman–Crippen LogP) is 1.13. The van der Waals surface area contributed by atoms with Crippen LogP contribution in [0.25, 0.3) is 0 Å². The Labute approximate surface area is 181 Å². The van der Waals surface area contributed by atoms with Crippen LogP contribution in [0.4, 0.5) is 0 Å². The van der Waals surface area contributed by atoms with Crippen LogP contribution in [0.1, 0.15) is 43.5 Å². The number of hydrogen-bond acceptors (Lipinski definition) is 7. The minimum Gasteiger partial charge on any atom is -0.483 e. The van der Waals surface area contributed by atoms with E-state index in [0.717, 1.165) is 45.2 Å². The molecular weight excluding hydrogens is 404 g/mol. The first kappa shape index (κ1) is 23.2. The highest BCUT2D eigenvalue weighted by atomic mass is 16.6. The Bertz CT molecular complexity index is 763. The SMILES string of the molecule is Cc1nonc1CC(=O)N1CC[C@@H]2C[C@H](N(C)C(=O)C3CCOCC3)C[C@@H]2C1.O=CO. The van der Waals surface area contributed by atoms with E-state index in [1.165, 1.54) is 0 Å². The molecule has 31 heavy (non-hydrogen) atoms. The molecular formula is C21H32N4O6. The molecule has 3 fully saturated rings. The third-order valence-electron chi connectivity index (χ3n) is 6.92. The maximum Gasteiger partial charge on any atom is 0.290 e. The number of aryl methyl sites for hydroxylation is 1. The molecule has 0 unspecified atom stereocenters. The zero-order valence-corrected chi connectivity index (χ0v) is 18.2. The van der Waals surface area contributed by atoms with E-state index in [4.69, 9.17) is 19.3 Å². The lowest BCUT2D eigenvalue weighted by atomic mass is 9.88. The molecule has 0 radical (unpaired) electrons. The Balaban J connectivity index is 0.000000858. The Morgan fingerprint density at radius 3 is 2.52 bits per heavy atom. The van der Waals surface area contributed by atoms with Gasteiger partial charge >= 0.3 is 0 Å². The number of likely N-dealkylation sites (tertiary alicyclic amines) is 1. The molecule has 2 aliphatic heterocycles. The molecule has 4 rings (SSSR count). The van der Waals surface area contributed by atoms with Gasteiger partial charge in [0.2, 0.25) is 11.8 Å². The van der Waals surface area contributed by atoms with E-state index in [1.807, 2.05) is 16.8 Å². The number of ether oxygens (including phenoxy) is 1. The van der Waals surface area contributed by atoms with Crippen molar-refractivity contribution in [2.45, 2.75) is 51.5 Å². The third kappa shape index (κ3) is 5.61. The number of rotatable bonds is 4. The lowest BCUT2D eigenvalue weighted by molar-refractivity contribution is -0.139. The minimum atomic E-state index is -0.250. The fourth-order valence-corrected chi connectivity index (χ4v) is 5.07. The molecule has 10 heteroatoms. The minimum absolute atomic E-state index is 0.0901. The van der Waals surface area contributed by atoms with Gasteiger partial charge in [-0.2, -0.15) is 0 Å². The molecule has 0 aromatic carbocycles. The van der Waals surface area contributed by atoms with Gasteiger partial charge in [0.25, 0.3) is 6.47 Å². The Morgan fingerprint density at radius 1 is 1.19 bits per heavy atom. The van der Waals surface area contributed by atoms with Crippen LogP contribution in [0.2, 0.25) is 0 Å². The van der Waals surface area contributed by atoms with Gasteiger partial charge in [0, 0.05) is 45.3 Å². The van der Waals surface area contributed by atoms with Crippen LogP contribution in [-0.2, 0) is 25.5 Å². The van der Waals surface area contributed by atoms with Crippen molar-refractivity contribution < 1.29 is 28.9 Å². The standard InChI is InChI=1S/C20H30N4O4.CH2O2/c1-13-18(22-28-21-13)11-19(25)24-6-3-15-9-17(10-16(15)12-24)23(2)20(26)14-4-7-27-8-5-14;2-1-3/h14-17H,3-12H2,1-2H3;1H,(H,2,3)/t15-,16-,17+;/m1./s1. The van der Waals surface area contributed by atoms with Gasteiger partial charge in [0.05, 0.1) is 6.42 Å². The first-order chi connectivity index (χ1) is 14.9. The number of hydrogen-bond donors (Lipinski definition) is 1. The number of amides is 2. The zero-order chi connectivity index (χ0) is 22.4. The zero-order valence-electron chi connectivity index (χ0n) is 18.2. The predicted molar refractivity (Wildman–Crippen MR) is 109 cm³/mol. The molecule has 0 spiro atoms. The molecule has 1 saturated carbocycles. The van der Waals surface area contributed by atoms with Crippen molar-refractivity contribution in [2.75, 3.05) is 33.4 Å². The lowest BCUT2D eigenvalue weighted by Gasteiger charge is -2.34. The maximum absolute atomic E-state index is 12.9. The van der Waals surface area contributed by atoms with Crippen LogP contribution in [0.5, 0.6) is 0 Å². The van der Waals surface area contributed by atoms with Crippen LogP contribution in [0.15, 0.2) is 4.63 Å². The average Bonchev–Trinajstić information content (AvgIpc) is 3.39. The van der Waals surface area contributed by atoms with E-state index in [9.17, 15) is 9.59 Å². The van der Waals surface area contributed by atoms with Crippen LogP contribution >= 0.6 is 0 Å². The largest absolute Gasteiger partial charge is 0.483 e. The second kappa shape index (κ2) is 10.7. The summed E-state index contributed by atoms with van der Waals surface area (Å²) in [4.78, 5) is 37.8. The van der Waals surface area contributed by atoms with Crippen molar-refractivity contribution >= 4 is 18.3 Å². The first-order valence-corrected chi connectivity index (χ1v) is 10.9. The number of fused-ring (bicyclic) bond motifs is 1. The number of nitrogens with zero attached hydrogens (tertiary/aromatic N) is 4. The van der Waals surface area contributed by atoms with Gasteiger partial charge in [-0.25, -0.2) is 4.63 Å². The van der Waals surface area contributed by atoms with E-state index < -0.39 is 0 Å². The average molecular weight is 437 g/mol. The molecule has 3 aliphatic rings. The van der Waals surface area contributed by atoms with Gasteiger partial charge in [0.1, 0.15) is 11.4 Å². The number of piperidine rings is 1. The number of carbonyl (C=O) groups excluding carboxylic acids is 2. The highest BCUT2D eigenvalue weighted by molar-refractivity contribution is 5.79. The number of carboxylic acid groups (broad SMARTS) is 1. The summed E-state index contributed by atoms with van der Waals surface area (Å²) >= 11 is 0. The molecule has 1 aliphatic carbocycles. The van der Waals surface area contributed by atoms with Crippen LogP contribution in [-0.4, -0.2) is 82.9 Å². The summed E-state index contributed by atoms with van der Waals surface area (Å²) in [6, 6.07) is 0.294. The van der Waals surface area contributed by atoms with E-state index in [2.05, 4.69) is 10.3 Å². The molecule has 3 heterocycles. The van der Waals surface area contributed by atoms with E-state index in [0.29, 0.717) is 42.5 Å². The highest BCUT2D eigenvalue weighted by Crippen LogP contribution is 2.40. The van der Waals surface area contributed by atoms with Crippen LogP contribution in [0, 0.1) is 24.7 Å². The Hall–Kier alpha value is -2.49. The summed E-state index contributed by atoms with van der Waals surface area (Å²) in [5.41, 5.74) is 1.30. The van der Waals surface area contributed by atoms with Crippen molar-refractivity contribution in [3.63, 3.8) is 0 Å². The Morgan fingerprint density at radius 2 is 1.87 bits per heavy atom. The summed E-state index contributed by atoms with van der Waals surface area (Å²) in [7, 11) is 1.96. The monoisotopic (exact) mass is 436 g/mol. The molecule has 10 nitrogen and oxygen atoms in total. The van der Waals surface area contributed by atoms with Gasteiger partial charge in [-0.3, -0.25) is 14.4 Å². The van der Waals surface area contributed by atoms with Gasteiger partial charge in [0.15, 0.2) is 0 Å². The van der Waals surface area contributed by atoms with E-state index >= 15 is 0 Å². The van der Waals surface area contributed by atoms with Crippen molar-refractivity contribution in [2.24, 2.45) is 17.8 Å². The second-order valence-corrected chi connectivity index (χ2v) is 8.69. The third-order valence-corrected chi connectivity index (χ3v) is 6.92. The fraction of sp³-hybridized carbons (Fsp3) is 0.762. The summed E-state index contributed by atoms with van der Waals surface area (Å²) < 4.78 is 10.1. The van der Waals surface area contributed by atoms with Gasteiger partial charge in [-0.15, -0.1) is 0 Å². The van der Waals surface area contributed by atoms with Gasteiger partial charge < -0.3 is 19.6 Å². The van der Waals surface area contributed by atoms with Gasteiger partial charge in [-0.1, -0.05) is 10.3 Å². The highest BCUT2D eigenvalue weighted by Gasteiger charge is 2.42. The quantitative estimate of drug-likeness (QED) is 0.696. The number of aromatic nitrogens is 2. The fourth-order valence-electron chi connectivity index (χ4n) is 5.07. The molecule has 2 saturated heterocycles. The van der Waals surface area contributed by atoms with E-state index in [-0.39, 0.29) is 30.6 Å². The van der Waals surface area contributed by atoms with Crippen molar-refractivity contribution in [1.29, 1.82) is 0 Å². The van der Waals surface area contributed by atoms with Crippen LogP contribution < -0.4 is 0 Å². The topological polar surface area (TPSA) is 126 Å². The lowest BCUT2D eigenvalue weighted by Crippen LogP contribution is -2.43. The van der Waals surface area contributed by atoms with E-state index in [1.54, 1.807) is 6.92 Å². The summed E-state index contributed by atoms with van der Waals surface area (Å²) in [6.07, 6.45) is 4.98. The molecule has 1 aromatic heterocycles. The smallest absolute Gasteiger partial charge is 0.290 e. The van der Waals surface area contributed by atoms with Crippen molar-refractivity contribution in [3.8, 4) is 0 Å². The molecule has 2 amide bonds. The second-order valence-electron chi connectivity index (χ2n) is 8.69. The summed E-state index contributed by atoms with van der Waals surface area (Å²) in [5.74, 6) is 1.55. The molecule has 3 atom stereocenters. The molecule has 1 N–H and O–H groups in total.